The lowest BCUT2D eigenvalue weighted by Gasteiger charge is -2.40. The molecule has 0 bridgehead atoms. The summed E-state index contributed by atoms with van der Waals surface area (Å²) in [5, 5.41) is 5.44. The van der Waals surface area contributed by atoms with Crippen molar-refractivity contribution in [3.8, 4) is 0 Å². The van der Waals surface area contributed by atoms with Crippen molar-refractivity contribution in [2.45, 2.75) is 44.4 Å². The first kappa shape index (κ1) is 22.7. The van der Waals surface area contributed by atoms with Crippen LogP contribution in [-0.2, 0) is 10.8 Å². The van der Waals surface area contributed by atoms with Crippen molar-refractivity contribution in [2.24, 2.45) is 0 Å². The molecule has 2 aromatic heterocycles. The Bertz CT molecular complexity index is 2560. The van der Waals surface area contributed by atoms with Crippen molar-refractivity contribution >= 4 is 60.6 Å². The highest BCUT2D eigenvalue weighted by atomic mass is 15.1. The molecular weight excluding hydrogens is 520 g/mol. The van der Waals surface area contributed by atoms with Crippen LogP contribution in [0.4, 0.5) is 0 Å². The summed E-state index contributed by atoms with van der Waals surface area (Å²) in [6, 6.07) is 39.1. The van der Waals surface area contributed by atoms with Crippen LogP contribution in [0.1, 0.15) is 61.4 Å². The molecule has 0 spiro atoms. The molecule has 4 heterocycles. The number of nitrogens with zero attached hydrogens (tertiary/aromatic N) is 2. The standard InChI is InChI=1S/C41H30N2/c1-40(2)29-18-10-6-16-25(29)38-35(40)33-32-24-15-5-9-17-28(24)41(3,4)39(32)43-31-20-12-8-14-23(31)27-21-26-22-13-7-11-19-30(22)42(38)36(26)34(33)37(27)43/h5-21,33H,1-4H3. The molecule has 0 amide bonds. The maximum Gasteiger partial charge on any atom is 0.0604 e. The van der Waals surface area contributed by atoms with Gasteiger partial charge in [-0.2, -0.15) is 0 Å². The molecule has 1 unspecified atom stereocenters. The smallest absolute Gasteiger partial charge is 0.0604 e. The molecule has 2 heteroatoms. The van der Waals surface area contributed by atoms with E-state index in [1.807, 2.05) is 0 Å². The number of para-hydroxylation sites is 2. The first-order valence-corrected chi connectivity index (χ1v) is 15.6. The van der Waals surface area contributed by atoms with E-state index in [0.717, 1.165) is 0 Å². The van der Waals surface area contributed by atoms with Crippen molar-refractivity contribution in [2.75, 3.05) is 0 Å². The van der Waals surface area contributed by atoms with Gasteiger partial charge in [-0.15, -0.1) is 0 Å². The van der Waals surface area contributed by atoms with E-state index in [0.29, 0.717) is 0 Å². The molecule has 204 valence electrons. The van der Waals surface area contributed by atoms with Crippen LogP contribution in [0.5, 0.6) is 0 Å². The zero-order valence-electron chi connectivity index (χ0n) is 24.8. The molecule has 2 aliphatic heterocycles. The highest BCUT2D eigenvalue weighted by Crippen LogP contribution is 2.67. The monoisotopic (exact) mass is 550 g/mol. The molecule has 4 aliphatic rings. The molecule has 0 fully saturated rings. The topological polar surface area (TPSA) is 9.86 Å². The first-order valence-electron chi connectivity index (χ1n) is 15.6. The Labute approximate surface area is 250 Å². The van der Waals surface area contributed by atoms with Crippen LogP contribution < -0.4 is 0 Å². The van der Waals surface area contributed by atoms with Gasteiger partial charge in [0.05, 0.1) is 27.8 Å². The highest BCUT2D eigenvalue weighted by molar-refractivity contribution is 6.26. The van der Waals surface area contributed by atoms with Crippen LogP contribution in [0, 0.1) is 0 Å². The summed E-state index contributed by atoms with van der Waals surface area (Å²) in [5.41, 5.74) is 18.3. The SMILES string of the molecule is CC1(C)C2=C(c3ccccc31)n1c3ccccc3c3cc4c5ccccc5n5c4c(c31)C2C1=C5C(C)(C)c2ccccc21. The molecule has 7 aromatic rings. The quantitative estimate of drug-likeness (QED) is 0.178. The Morgan fingerprint density at radius 1 is 0.535 bits per heavy atom. The van der Waals surface area contributed by atoms with E-state index < -0.39 is 0 Å². The van der Waals surface area contributed by atoms with Gasteiger partial charge in [0, 0.05) is 55.1 Å². The zero-order valence-corrected chi connectivity index (χ0v) is 24.8. The largest absolute Gasteiger partial charge is 0.311 e. The van der Waals surface area contributed by atoms with E-state index in [9.17, 15) is 0 Å². The second-order valence-corrected chi connectivity index (χ2v) is 14.1. The van der Waals surface area contributed by atoms with E-state index in [2.05, 4.69) is 140 Å². The number of hydrogen-bond acceptors (Lipinski definition) is 0. The molecule has 2 aliphatic carbocycles. The summed E-state index contributed by atoms with van der Waals surface area (Å²) in [4.78, 5) is 0. The van der Waals surface area contributed by atoms with E-state index in [-0.39, 0.29) is 16.7 Å². The van der Waals surface area contributed by atoms with E-state index in [1.54, 1.807) is 5.57 Å². The second-order valence-electron chi connectivity index (χ2n) is 14.1. The minimum absolute atomic E-state index is 0.123. The van der Waals surface area contributed by atoms with Crippen molar-refractivity contribution in [1.82, 2.24) is 9.13 Å². The van der Waals surface area contributed by atoms with Crippen LogP contribution in [-0.4, -0.2) is 9.13 Å². The van der Waals surface area contributed by atoms with Crippen molar-refractivity contribution < 1.29 is 0 Å². The highest BCUT2D eigenvalue weighted by Gasteiger charge is 2.54. The normalized spacial score (nSPS) is 20.0. The minimum Gasteiger partial charge on any atom is -0.311 e. The summed E-state index contributed by atoms with van der Waals surface area (Å²) >= 11 is 0. The summed E-state index contributed by atoms with van der Waals surface area (Å²) in [5.74, 6) is 0.176. The summed E-state index contributed by atoms with van der Waals surface area (Å²) < 4.78 is 5.33. The summed E-state index contributed by atoms with van der Waals surface area (Å²) in [6.45, 7) is 9.83. The maximum absolute atomic E-state index is 2.67. The van der Waals surface area contributed by atoms with Gasteiger partial charge < -0.3 is 9.13 Å². The Morgan fingerprint density at radius 2 is 1.07 bits per heavy atom. The van der Waals surface area contributed by atoms with Gasteiger partial charge in [0.1, 0.15) is 0 Å². The van der Waals surface area contributed by atoms with Gasteiger partial charge in [0.25, 0.3) is 0 Å². The Balaban J connectivity index is 1.47. The summed E-state index contributed by atoms with van der Waals surface area (Å²) in [6.07, 6.45) is 0. The predicted octanol–water partition coefficient (Wildman–Crippen LogP) is 10.2. The number of hydrogen-bond donors (Lipinski definition) is 0. The maximum atomic E-state index is 2.67. The second kappa shape index (κ2) is 6.87. The average Bonchev–Trinajstić information content (AvgIpc) is 3.68. The van der Waals surface area contributed by atoms with Crippen LogP contribution in [0.25, 0.3) is 60.6 Å². The third kappa shape index (κ3) is 2.24. The number of aromatic nitrogens is 2. The van der Waals surface area contributed by atoms with Gasteiger partial charge in [-0.25, -0.2) is 0 Å². The third-order valence-corrected chi connectivity index (χ3v) is 11.5. The van der Waals surface area contributed by atoms with E-state index in [4.69, 9.17) is 0 Å². The summed E-state index contributed by atoms with van der Waals surface area (Å²) in [7, 11) is 0. The van der Waals surface area contributed by atoms with Gasteiger partial charge in [0.15, 0.2) is 0 Å². The van der Waals surface area contributed by atoms with Gasteiger partial charge in [-0.05, 0) is 46.0 Å². The van der Waals surface area contributed by atoms with Crippen molar-refractivity contribution in [3.05, 3.63) is 137 Å². The van der Waals surface area contributed by atoms with Crippen molar-refractivity contribution in [3.63, 3.8) is 0 Å². The number of allylic oxidation sites excluding steroid dienone is 3. The number of fused-ring (bicyclic) bond motifs is 14. The van der Waals surface area contributed by atoms with E-state index >= 15 is 0 Å². The fourth-order valence-corrected chi connectivity index (χ4v) is 9.89. The molecule has 5 aromatic carbocycles. The zero-order chi connectivity index (χ0) is 28.6. The Hall–Kier alpha value is -4.82. The number of benzene rings is 5. The first-order chi connectivity index (χ1) is 20.9. The lowest BCUT2D eigenvalue weighted by Crippen LogP contribution is -2.29. The molecule has 1 atom stereocenters. The molecule has 0 radical (unpaired) electrons. The van der Waals surface area contributed by atoms with Crippen molar-refractivity contribution in [1.29, 1.82) is 0 Å². The molecule has 0 N–H and O–H groups in total. The van der Waals surface area contributed by atoms with Crippen LogP contribution in [0.2, 0.25) is 0 Å². The van der Waals surface area contributed by atoms with Gasteiger partial charge >= 0.3 is 0 Å². The molecule has 2 nitrogen and oxygen atoms in total. The lowest BCUT2D eigenvalue weighted by molar-refractivity contribution is 0.603. The Kier molecular flexibility index (Phi) is 3.63. The lowest BCUT2D eigenvalue weighted by atomic mass is 9.68. The number of rotatable bonds is 0. The Morgan fingerprint density at radius 3 is 1.77 bits per heavy atom. The predicted molar refractivity (Wildman–Crippen MR) is 180 cm³/mol. The minimum atomic E-state index is -0.131. The average molecular weight is 551 g/mol. The molecule has 0 saturated heterocycles. The van der Waals surface area contributed by atoms with Crippen LogP contribution in [0.15, 0.2) is 109 Å². The fourth-order valence-electron chi connectivity index (χ4n) is 9.89. The molecule has 11 rings (SSSR count). The fraction of sp³-hybridized carbons (Fsp3) is 0.171. The van der Waals surface area contributed by atoms with Gasteiger partial charge in [-0.1, -0.05) is 113 Å². The molecule has 0 saturated carbocycles. The molecule has 43 heavy (non-hydrogen) atoms. The molecular formula is C41H30N2. The van der Waals surface area contributed by atoms with Crippen LogP contribution >= 0.6 is 0 Å². The van der Waals surface area contributed by atoms with E-state index in [1.165, 1.54) is 88.4 Å². The van der Waals surface area contributed by atoms with Gasteiger partial charge in [-0.3, -0.25) is 0 Å². The third-order valence-electron chi connectivity index (χ3n) is 11.5. The van der Waals surface area contributed by atoms with Crippen LogP contribution in [0.3, 0.4) is 0 Å². The van der Waals surface area contributed by atoms with Gasteiger partial charge in [0.2, 0.25) is 0 Å².